The number of aliphatic hydroxyl groups excluding tert-OH is 1. The molecule has 28 heavy (non-hydrogen) atoms. The molecule has 0 amide bonds. The average molecular weight is 396 g/mol. The highest BCUT2D eigenvalue weighted by Crippen LogP contribution is 2.38. The molecule has 0 unspecified atom stereocenters. The zero-order valence-corrected chi connectivity index (χ0v) is 16.0. The predicted molar refractivity (Wildman–Crippen MR) is 97.0 cm³/mol. The molecule has 2 atom stereocenters. The summed E-state index contributed by atoms with van der Waals surface area (Å²) < 4.78 is 43.0. The normalized spacial score (nSPS) is 23.6. The van der Waals surface area contributed by atoms with E-state index in [0.29, 0.717) is 5.56 Å². The first-order valence-corrected chi connectivity index (χ1v) is 9.35. The maximum Gasteiger partial charge on any atom is 0.433 e. The number of hydrogen-bond donors (Lipinski definition) is 1. The fourth-order valence-electron chi connectivity index (χ4n) is 3.76. The Morgan fingerprint density at radius 1 is 1.21 bits per heavy atom. The van der Waals surface area contributed by atoms with Gasteiger partial charge in [0.2, 0.25) is 5.95 Å². The first-order valence-electron chi connectivity index (χ1n) is 9.35. The van der Waals surface area contributed by atoms with E-state index < -0.39 is 18.0 Å². The molecular formula is C18H23F3N6O. The van der Waals surface area contributed by atoms with Crippen LogP contribution in [0.4, 0.5) is 19.1 Å². The Kier molecular flexibility index (Phi) is 4.58. The molecule has 0 spiro atoms. The molecule has 7 nitrogen and oxygen atoms in total. The van der Waals surface area contributed by atoms with Crippen LogP contribution in [-0.4, -0.2) is 68.6 Å². The number of likely N-dealkylation sites (N-methyl/N-ethyl adjacent to an activating group) is 1. The molecule has 0 aliphatic carbocycles. The molecule has 4 rings (SSSR count). The van der Waals surface area contributed by atoms with E-state index in [1.807, 2.05) is 7.05 Å². The number of aliphatic hydroxyl groups is 1. The molecule has 0 aromatic carbocycles. The lowest BCUT2D eigenvalue weighted by Crippen LogP contribution is -2.59. The van der Waals surface area contributed by atoms with E-state index in [-0.39, 0.29) is 42.3 Å². The second kappa shape index (κ2) is 6.70. The van der Waals surface area contributed by atoms with E-state index in [2.05, 4.69) is 20.0 Å². The van der Waals surface area contributed by atoms with Crippen LogP contribution < -0.4 is 4.90 Å². The maximum absolute atomic E-state index is 13.7. The highest BCUT2D eigenvalue weighted by Gasteiger charge is 2.41. The first kappa shape index (κ1) is 19.1. The Bertz CT molecular complexity index is 877. The summed E-state index contributed by atoms with van der Waals surface area (Å²) in [6.45, 7) is 5.33. The molecule has 2 aromatic rings. The number of β-amino-alcohol motifs (C(OH)–C–C–N with tert-alkyl or cyclic N) is 1. The molecule has 10 heteroatoms. The summed E-state index contributed by atoms with van der Waals surface area (Å²) in [5.41, 5.74) is -0.0448. The van der Waals surface area contributed by atoms with Crippen molar-refractivity contribution in [2.45, 2.75) is 44.6 Å². The van der Waals surface area contributed by atoms with Gasteiger partial charge in [0.1, 0.15) is 0 Å². The molecule has 0 radical (unpaired) electrons. The summed E-state index contributed by atoms with van der Waals surface area (Å²) in [7, 11) is 2.01. The number of nitrogens with zero attached hydrogens (tertiary/aromatic N) is 6. The molecule has 0 bridgehead atoms. The monoisotopic (exact) mass is 396 g/mol. The van der Waals surface area contributed by atoms with Gasteiger partial charge < -0.3 is 14.9 Å². The Labute approximate surface area is 160 Å². The van der Waals surface area contributed by atoms with E-state index in [4.69, 9.17) is 0 Å². The molecule has 2 aromatic heterocycles. The summed E-state index contributed by atoms with van der Waals surface area (Å²) >= 11 is 0. The van der Waals surface area contributed by atoms with Crippen molar-refractivity contribution in [2.24, 2.45) is 0 Å². The van der Waals surface area contributed by atoms with Crippen molar-refractivity contribution in [3.8, 4) is 11.3 Å². The highest BCUT2D eigenvalue weighted by atomic mass is 19.4. The van der Waals surface area contributed by atoms with Crippen LogP contribution in [0.5, 0.6) is 0 Å². The van der Waals surface area contributed by atoms with E-state index >= 15 is 0 Å². The van der Waals surface area contributed by atoms with Crippen molar-refractivity contribution < 1.29 is 18.3 Å². The van der Waals surface area contributed by atoms with Crippen LogP contribution in [0.1, 0.15) is 31.1 Å². The van der Waals surface area contributed by atoms with E-state index in [1.165, 1.54) is 0 Å². The average Bonchev–Trinajstić information content (AvgIpc) is 3.10. The van der Waals surface area contributed by atoms with Crippen LogP contribution in [0.2, 0.25) is 0 Å². The van der Waals surface area contributed by atoms with Gasteiger partial charge in [-0.05, 0) is 20.4 Å². The second-order valence-electron chi connectivity index (χ2n) is 7.60. The number of likely N-dealkylation sites (tertiary alicyclic amines) is 1. The van der Waals surface area contributed by atoms with Gasteiger partial charge in [-0.15, -0.1) is 0 Å². The Morgan fingerprint density at radius 3 is 2.46 bits per heavy atom. The third-order valence-electron chi connectivity index (χ3n) is 5.60. The highest BCUT2D eigenvalue weighted by molar-refractivity contribution is 5.65. The number of aromatic nitrogens is 4. The van der Waals surface area contributed by atoms with Crippen LogP contribution in [-0.2, 0) is 12.6 Å². The summed E-state index contributed by atoms with van der Waals surface area (Å²) in [5, 5.41) is 14.1. The Hall–Kier alpha value is -2.20. The maximum atomic E-state index is 13.7. The third-order valence-corrected chi connectivity index (χ3v) is 5.60. The fraction of sp³-hybridized carbons (Fsp3) is 0.611. The minimum atomic E-state index is -4.59. The molecular weight excluding hydrogens is 373 g/mol. The van der Waals surface area contributed by atoms with E-state index in [0.717, 1.165) is 13.1 Å². The standard InChI is InChI=1S/C18H23F3N6O/c1-4-13-15(11-5-22-27(6-11)12-7-25(3)8-12)23-17(24-16(13)18(19,20)21)26-9-14(28)10(26)2/h5-6,10,12,14,28H,4,7-9H2,1-3H3/t10-,14+/m0/s1. The Balaban J connectivity index is 1.78. The van der Waals surface area contributed by atoms with Crippen LogP contribution >= 0.6 is 0 Å². The van der Waals surface area contributed by atoms with Gasteiger partial charge in [0, 0.05) is 37.0 Å². The van der Waals surface area contributed by atoms with E-state index in [1.54, 1.807) is 35.8 Å². The molecule has 2 fully saturated rings. The number of alkyl halides is 3. The smallest absolute Gasteiger partial charge is 0.389 e. The van der Waals surface area contributed by atoms with Crippen molar-refractivity contribution in [3.05, 3.63) is 23.7 Å². The summed E-state index contributed by atoms with van der Waals surface area (Å²) in [6, 6.07) is -0.104. The molecule has 2 aliphatic rings. The van der Waals surface area contributed by atoms with Gasteiger partial charge in [-0.3, -0.25) is 4.68 Å². The Morgan fingerprint density at radius 2 is 1.93 bits per heavy atom. The summed E-state index contributed by atoms with van der Waals surface area (Å²) in [6.07, 6.45) is -1.70. The van der Waals surface area contributed by atoms with Crippen LogP contribution in [0.25, 0.3) is 11.3 Å². The fourth-order valence-corrected chi connectivity index (χ4v) is 3.76. The van der Waals surface area contributed by atoms with Gasteiger partial charge in [0.25, 0.3) is 0 Å². The minimum absolute atomic E-state index is 0.00606. The topological polar surface area (TPSA) is 70.3 Å². The van der Waals surface area contributed by atoms with Gasteiger partial charge in [0.05, 0.1) is 30.1 Å². The molecule has 2 aliphatic heterocycles. The summed E-state index contributed by atoms with van der Waals surface area (Å²) in [4.78, 5) is 12.0. The second-order valence-corrected chi connectivity index (χ2v) is 7.60. The van der Waals surface area contributed by atoms with Crippen molar-refractivity contribution in [1.82, 2.24) is 24.6 Å². The van der Waals surface area contributed by atoms with E-state index in [9.17, 15) is 18.3 Å². The number of anilines is 1. The lowest BCUT2D eigenvalue weighted by Gasteiger charge is -2.43. The molecule has 1 N–H and O–H groups in total. The molecule has 4 heterocycles. The van der Waals surface area contributed by atoms with Gasteiger partial charge in [0.15, 0.2) is 5.69 Å². The van der Waals surface area contributed by atoms with Crippen molar-refractivity contribution in [2.75, 3.05) is 31.6 Å². The quantitative estimate of drug-likeness (QED) is 0.852. The number of hydrogen-bond acceptors (Lipinski definition) is 6. The minimum Gasteiger partial charge on any atom is -0.389 e. The molecule has 152 valence electrons. The van der Waals surface area contributed by atoms with Gasteiger partial charge in [-0.2, -0.15) is 18.3 Å². The zero-order valence-electron chi connectivity index (χ0n) is 16.0. The molecule has 2 saturated heterocycles. The van der Waals surface area contributed by atoms with Gasteiger partial charge >= 0.3 is 6.18 Å². The van der Waals surface area contributed by atoms with Crippen molar-refractivity contribution in [3.63, 3.8) is 0 Å². The van der Waals surface area contributed by atoms with Crippen LogP contribution in [0, 0.1) is 0 Å². The first-order chi connectivity index (χ1) is 13.2. The van der Waals surface area contributed by atoms with Crippen LogP contribution in [0.15, 0.2) is 12.4 Å². The lowest BCUT2D eigenvalue weighted by atomic mass is 10.0. The lowest BCUT2D eigenvalue weighted by molar-refractivity contribution is -0.141. The predicted octanol–water partition coefficient (Wildman–Crippen LogP) is 1.98. The van der Waals surface area contributed by atoms with Gasteiger partial charge in [-0.1, -0.05) is 6.92 Å². The van der Waals surface area contributed by atoms with Gasteiger partial charge in [-0.25, -0.2) is 9.97 Å². The zero-order chi connectivity index (χ0) is 20.2. The van der Waals surface area contributed by atoms with Crippen LogP contribution in [0.3, 0.4) is 0 Å². The number of halogens is 3. The third kappa shape index (κ3) is 3.14. The number of rotatable bonds is 4. The van der Waals surface area contributed by atoms with Crippen molar-refractivity contribution in [1.29, 1.82) is 0 Å². The molecule has 0 saturated carbocycles. The summed E-state index contributed by atoms with van der Waals surface area (Å²) in [5.74, 6) is -0.00606. The largest absolute Gasteiger partial charge is 0.433 e. The van der Waals surface area contributed by atoms with Crippen molar-refractivity contribution >= 4 is 5.95 Å². The SMILES string of the molecule is CCc1c(-c2cnn(C3CN(C)C3)c2)nc(N2C[C@@H](O)[C@@H]2C)nc1C(F)(F)F.